The number of rotatable bonds is 1. The van der Waals surface area contributed by atoms with E-state index in [2.05, 4.69) is 13.8 Å². The van der Waals surface area contributed by atoms with Crippen LogP contribution in [0.1, 0.15) is 79.6 Å². The number of halogens is 1. The fraction of sp³-hybridized carbons (Fsp3) is 0.920. The molecule has 0 unspecified atom stereocenters. The molecular formula is C25H35ClO4. The Bertz CT molecular complexity index is 849. The summed E-state index contributed by atoms with van der Waals surface area (Å²) < 4.78 is 12.4. The van der Waals surface area contributed by atoms with E-state index in [4.69, 9.17) is 21.1 Å². The summed E-state index contributed by atoms with van der Waals surface area (Å²) >= 11 is 6.94. The zero-order valence-electron chi connectivity index (χ0n) is 18.9. The number of hydrogen-bond acceptors (Lipinski definition) is 4. The third-order valence-corrected chi connectivity index (χ3v) is 10.8. The molecule has 5 heteroatoms. The predicted molar refractivity (Wildman–Crippen MR) is 113 cm³/mol. The van der Waals surface area contributed by atoms with Crippen LogP contribution >= 0.6 is 11.6 Å². The molecule has 166 valence electrons. The van der Waals surface area contributed by atoms with Gasteiger partial charge in [-0.25, -0.2) is 0 Å². The zero-order valence-corrected chi connectivity index (χ0v) is 19.7. The van der Waals surface area contributed by atoms with E-state index in [1.807, 2.05) is 20.8 Å². The van der Waals surface area contributed by atoms with E-state index < -0.39 is 10.5 Å². The van der Waals surface area contributed by atoms with Gasteiger partial charge in [0, 0.05) is 29.6 Å². The van der Waals surface area contributed by atoms with Crippen LogP contribution in [-0.4, -0.2) is 28.5 Å². The van der Waals surface area contributed by atoms with Crippen LogP contribution in [0.25, 0.3) is 0 Å². The summed E-state index contributed by atoms with van der Waals surface area (Å²) in [6, 6.07) is 0. The van der Waals surface area contributed by atoms with Crippen molar-refractivity contribution in [3.05, 3.63) is 0 Å². The average Bonchev–Trinajstić information content (AvgIpc) is 3.53. The highest BCUT2D eigenvalue weighted by molar-refractivity contribution is 6.23. The maximum absolute atomic E-state index is 13.0. The Balaban J connectivity index is 1.28. The van der Waals surface area contributed by atoms with E-state index in [1.165, 1.54) is 0 Å². The minimum Gasteiger partial charge on any atom is -0.443 e. The lowest BCUT2D eigenvalue weighted by Gasteiger charge is -2.59. The van der Waals surface area contributed by atoms with Crippen molar-refractivity contribution < 1.29 is 19.1 Å². The highest BCUT2D eigenvalue weighted by atomic mass is 35.5. The van der Waals surface area contributed by atoms with Crippen molar-refractivity contribution in [1.29, 1.82) is 0 Å². The molecule has 10 atom stereocenters. The van der Waals surface area contributed by atoms with Gasteiger partial charge in [0.1, 0.15) is 11.4 Å². The van der Waals surface area contributed by atoms with Crippen LogP contribution in [0.3, 0.4) is 0 Å². The van der Waals surface area contributed by atoms with Gasteiger partial charge in [0.05, 0.1) is 11.5 Å². The van der Waals surface area contributed by atoms with Crippen molar-refractivity contribution in [2.45, 2.75) is 96.3 Å². The SMILES string of the molecule is CC(C)(C)C(=O)O[C@@]1(Cl)CC[C@]2(C)[C@H]3CC[C@]4(C)C(=O)[C@H]5C[C@H]5[C@H]4[C@@H]3C[C@H]3O[C@]32C1. The highest BCUT2D eigenvalue weighted by Crippen LogP contribution is 2.77. The van der Waals surface area contributed by atoms with Crippen LogP contribution in [-0.2, 0) is 19.1 Å². The van der Waals surface area contributed by atoms with Gasteiger partial charge in [0.15, 0.2) is 5.06 Å². The molecule has 0 bridgehead atoms. The van der Waals surface area contributed by atoms with Crippen molar-refractivity contribution in [1.82, 2.24) is 0 Å². The number of carbonyl (C=O) groups excluding carboxylic acids is 2. The van der Waals surface area contributed by atoms with Crippen molar-refractivity contribution in [2.75, 3.05) is 0 Å². The first-order valence-corrected chi connectivity index (χ1v) is 12.4. The molecule has 1 saturated heterocycles. The molecule has 4 nitrogen and oxygen atoms in total. The molecule has 5 aliphatic carbocycles. The van der Waals surface area contributed by atoms with Gasteiger partial charge >= 0.3 is 5.97 Å². The van der Waals surface area contributed by atoms with Crippen molar-refractivity contribution in [2.24, 2.45) is 45.8 Å². The van der Waals surface area contributed by atoms with Crippen molar-refractivity contribution in [3.63, 3.8) is 0 Å². The molecule has 5 saturated carbocycles. The Labute approximate surface area is 184 Å². The fourth-order valence-electron chi connectivity index (χ4n) is 8.68. The average molecular weight is 435 g/mol. The Kier molecular flexibility index (Phi) is 3.65. The number of fused-ring (bicyclic) bond motifs is 6. The highest BCUT2D eigenvalue weighted by Gasteiger charge is 2.80. The van der Waals surface area contributed by atoms with Crippen LogP contribution in [0.2, 0.25) is 0 Å². The van der Waals surface area contributed by atoms with Gasteiger partial charge in [-0.15, -0.1) is 0 Å². The van der Waals surface area contributed by atoms with E-state index in [9.17, 15) is 9.59 Å². The van der Waals surface area contributed by atoms with Crippen LogP contribution in [0.4, 0.5) is 0 Å². The number of ether oxygens (including phenoxy) is 2. The molecule has 1 aliphatic heterocycles. The largest absolute Gasteiger partial charge is 0.443 e. The second kappa shape index (κ2) is 5.47. The first kappa shape index (κ1) is 20.0. The van der Waals surface area contributed by atoms with Gasteiger partial charge in [-0.2, -0.15) is 0 Å². The van der Waals surface area contributed by atoms with E-state index in [1.54, 1.807) is 0 Å². The molecule has 0 amide bonds. The molecule has 0 aromatic rings. The molecule has 6 fully saturated rings. The van der Waals surface area contributed by atoms with Crippen LogP contribution in [0, 0.1) is 45.8 Å². The molecule has 1 spiro atoms. The standard InChI is InChI=1S/C25H35ClO4/c1-21(2,3)20(28)30-24(26)9-8-23(5)16-6-7-22(4)18(13-10-14(13)19(22)27)15(16)11-17-25(23,12-24)29-17/h13-18H,6-12H2,1-5H3/t13-,14+,15-,16+,17-,18+,22+,23-,24+,25-/m1/s1. The summed E-state index contributed by atoms with van der Waals surface area (Å²) in [6.45, 7) is 10.3. The van der Waals surface area contributed by atoms with Gasteiger partial charge in [-0.3, -0.25) is 9.59 Å². The quantitative estimate of drug-likeness (QED) is 0.327. The van der Waals surface area contributed by atoms with Gasteiger partial charge < -0.3 is 9.47 Å². The summed E-state index contributed by atoms with van der Waals surface area (Å²) in [4.78, 5) is 25.6. The molecule has 0 radical (unpaired) electrons. The van der Waals surface area contributed by atoms with Gasteiger partial charge in [0.2, 0.25) is 0 Å². The maximum atomic E-state index is 13.0. The molecule has 0 aromatic heterocycles. The lowest BCUT2D eigenvalue weighted by atomic mass is 9.44. The topological polar surface area (TPSA) is 55.9 Å². The minimum absolute atomic E-state index is 0.0600. The minimum atomic E-state index is -0.959. The Morgan fingerprint density at radius 1 is 1.13 bits per heavy atom. The summed E-state index contributed by atoms with van der Waals surface area (Å²) in [5.74, 6) is 3.05. The van der Waals surface area contributed by atoms with Gasteiger partial charge in [0.25, 0.3) is 0 Å². The van der Waals surface area contributed by atoms with Crippen molar-refractivity contribution >= 4 is 23.4 Å². The second-order valence-electron chi connectivity index (χ2n) is 13.0. The lowest BCUT2D eigenvalue weighted by Crippen LogP contribution is -2.61. The molecule has 1 heterocycles. The van der Waals surface area contributed by atoms with Gasteiger partial charge in [-0.05, 0) is 76.5 Å². The predicted octanol–water partition coefficient (Wildman–Crippen LogP) is 5.11. The number of Topliss-reactive ketones (excluding diaryl/α,β-unsaturated/α-hetero) is 1. The van der Waals surface area contributed by atoms with E-state index in [0.717, 1.165) is 32.1 Å². The first-order valence-electron chi connectivity index (χ1n) is 12.0. The molecule has 6 rings (SSSR count). The van der Waals surface area contributed by atoms with Crippen LogP contribution in [0.15, 0.2) is 0 Å². The number of epoxide rings is 1. The molecular weight excluding hydrogens is 400 g/mol. The molecule has 0 N–H and O–H groups in total. The summed E-state index contributed by atoms with van der Waals surface area (Å²) in [5.41, 5.74) is -0.853. The van der Waals surface area contributed by atoms with E-state index >= 15 is 0 Å². The van der Waals surface area contributed by atoms with Gasteiger partial charge in [-0.1, -0.05) is 25.4 Å². The Morgan fingerprint density at radius 3 is 2.57 bits per heavy atom. The lowest BCUT2D eigenvalue weighted by molar-refractivity contribution is -0.174. The Morgan fingerprint density at radius 2 is 1.87 bits per heavy atom. The maximum Gasteiger partial charge on any atom is 0.312 e. The van der Waals surface area contributed by atoms with E-state index in [0.29, 0.717) is 48.2 Å². The second-order valence-corrected chi connectivity index (χ2v) is 13.7. The van der Waals surface area contributed by atoms with Crippen molar-refractivity contribution in [3.8, 4) is 0 Å². The normalized spacial score (nSPS) is 58.0. The smallest absolute Gasteiger partial charge is 0.312 e. The number of esters is 1. The third-order valence-electron chi connectivity index (χ3n) is 10.4. The summed E-state index contributed by atoms with van der Waals surface area (Å²) in [6.07, 6.45) is 6.74. The van der Waals surface area contributed by atoms with E-state index in [-0.39, 0.29) is 28.5 Å². The number of ketones is 1. The zero-order chi connectivity index (χ0) is 21.5. The molecule has 0 aromatic carbocycles. The number of carbonyl (C=O) groups is 2. The summed E-state index contributed by atoms with van der Waals surface area (Å²) in [5, 5.41) is -0.959. The van der Waals surface area contributed by atoms with Crippen LogP contribution in [0.5, 0.6) is 0 Å². The first-order chi connectivity index (χ1) is 13.8. The monoisotopic (exact) mass is 434 g/mol. The third kappa shape index (κ3) is 2.28. The molecule has 6 aliphatic rings. The fourth-order valence-corrected chi connectivity index (χ4v) is 9.05. The molecule has 30 heavy (non-hydrogen) atoms. The van der Waals surface area contributed by atoms with Crippen LogP contribution < -0.4 is 0 Å². The summed E-state index contributed by atoms with van der Waals surface area (Å²) in [7, 11) is 0. The number of hydrogen-bond donors (Lipinski definition) is 0. The number of alkyl halides is 1. The Hall–Kier alpha value is -0.610.